The normalized spacial score (nSPS) is 16.1. The Morgan fingerprint density at radius 1 is 1.18 bits per heavy atom. The lowest BCUT2D eigenvalue weighted by molar-refractivity contribution is -0.120. The molecule has 0 unspecified atom stereocenters. The van der Waals surface area contributed by atoms with Gasteiger partial charge >= 0.3 is 0 Å². The first-order valence-corrected chi connectivity index (χ1v) is 11.0. The summed E-state index contributed by atoms with van der Waals surface area (Å²) in [5.74, 6) is 0.344. The van der Waals surface area contributed by atoms with Gasteiger partial charge in [0.15, 0.2) is 6.61 Å². The van der Waals surface area contributed by atoms with Gasteiger partial charge < -0.3 is 9.64 Å². The number of hydrogen-bond acceptors (Lipinski definition) is 4. The minimum atomic E-state index is -3.52. The van der Waals surface area contributed by atoms with Gasteiger partial charge in [0.2, 0.25) is 10.0 Å². The molecule has 3 rings (SSSR count). The number of unbranched alkanes of at least 4 members (excludes halogenated alkanes) is 1. The smallest absolute Gasteiger partial charge is 0.265 e. The van der Waals surface area contributed by atoms with Crippen LogP contribution >= 0.6 is 0 Å². The zero-order valence-electron chi connectivity index (χ0n) is 16.2. The van der Waals surface area contributed by atoms with E-state index < -0.39 is 10.0 Å². The third-order valence-corrected chi connectivity index (χ3v) is 6.27. The number of carbonyl (C=O) groups is 1. The second kappa shape index (κ2) is 8.75. The van der Waals surface area contributed by atoms with E-state index >= 15 is 0 Å². The number of fused-ring (bicyclic) bond motifs is 1. The molecule has 7 heteroatoms. The number of anilines is 1. The van der Waals surface area contributed by atoms with Gasteiger partial charge in [-0.3, -0.25) is 4.79 Å². The highest BCUT2D eigenvalue weighted by Gasteiger charge is 2.30. The van der Waals surface area contributed by atoms with E-state index in [4.69, 9.17) is 4.74 Å². The van der Waals surface area contributed by atoms with Crippen LogP contribution in [0.1, 0.15) is 32.3 Å². The maximum Gasteiger partial charge on any atom is 0.265 e. The average molecular weight is 403 g/mol. The average Bonchev–Trinajstić information content (AvgIpc) is 3.02. The fourth-order valence-electron chi connectivity index (χ4n) is 3.34. The molecule has 1 N–H and O–H groups in total. The predicted molar refractivity (Wildman–Crippen MR) is 109 cm³/mol. The van der Waals surface area contributed by atoms with Gasteiger partial charge in [-0.1, -0.05) is 31.5 Å². The van der Waals surface area contributed by atoms with Crippen molar-refractivity contribution in [2.75, 3.05) is 18.1 Å². The van der Waals surface area contributed by atoms with E-state index in [9.17, 15) is 13.2 Å². The van der Waals surface area contributed by atoms with Crippen LogP contribution in [0.25, 0.3) is 0 Å². The lowest BCUT2D eigenvalue weighted by Gasteiger charge is -2.22. The van der Waals surface area contributed by atoms with Crippen molar-refractivity contribution in [3.05, 3.63) is 54.1 Å². The molecule has 0 aliphatic carbocycles. The van der Waals surface area contributed by atoms with Crippen molar-refractivity contribution in [2.24, 2.45) is 0 Å². The van der Waals surface area contributed by atoms with Gasteiger partial charge in [-0.2, -0.15) is 0 Å². The number of carbonyl (C=O) groups excluding carboxylic acids is 1. The van der Waals surface area contributed by atoms with E-state index in [1.54, 1.807) is 17.0 Å². The van der Waals surface area contributed by atoms with Crippen LogP contribution in [0.4, 0.5) is 5.69 Å². The molecule has 0 saturated carbocycles. The molecule has 2 aromatic carbocycles. The van der Waals surface area contributed by atoms with E-state index in [0.717, 1.165) is 30.5 Å². The Hall–Kier alpha value is -2.38. The summed E-state index contributed by atoms with van der Waals surface area (Å²) in [6.45, 7) is 4.34. The maximum atomic E-state index is 12.7. The SMILES string of the molecule is CCCCNS(=O)(=O)c1ccc(OCC(=O)N2c3ccccc3C[C@H]2C)cc1. The van der Waals surface area contributed by atoms with Crippen molar-refractivity contribution >= 4 is 21.6 Å². The monoisotopic (exact) mass is 402 g/mol. The van der Waals surface area contributed by atoms with E-state index in [2.05, 4.69) is 4.72 Å². The third-order valence-electron chi connectivity index (χ3n) is 4.79. The van der Waals surface area contributed by atoms with Gasteiger partial charge in [-0.25, -0.2) is 13.1 Å². The number of amides is 1. The maximum absolute atomic E-state index is 12.7. The molecule has 0 radical (unpaired) electrons. The highest BCUT2D eigenvalue weighted by Crippen LogP contribution is 2.31. The summed E-state index contributed by atoms with van der Waals surface area (Å²) in [7, 11) is -3.52. The third kappa shape index (κ3) is 4.54. The molecule has 0 bridgehead atoms. The van der Waals surface area contributed by atoms with E-state index in [1.807, 2.05) is 38.1 Å². The number of nitrogens with one attached hydrogen (secondary N) is 1. The zero-order valence-corrected chi connectivity index (χ0v) is 17.0. The van der Waals surface area contributed by atoms with Crippen molar-refractivity contribution in [2.45, 2.75) is 44.0 Å². The second-order valence-electron chi connectivity index (χ2n) is 6.96. The van der Waals surface area contributed by atoms with Crippen LogP contribution < -0.4 is 14.4 Å². The molecule has 1 amide bonds. The Kier molecular flexibility index (Phi) is 6.36. The summed E-state index contributed by atoms with van der Waals surface area (Å²) >= 11 is 0. The Morgan fingerprint density at radius 2 is 1.89 bits per heavy atom. The predicted octanol–water partition coefficient (Wildman–Crippen LogP) is 3.12. The molecule has 1 atom stereocenters. The van der Waals surface area contributed by atoms with Crippen LogP contribution in [-0.2, 0) is 21.2 Å². The summed E-state index contributed by atoms with van der Waals surface area (Å²) in [5.41, 5.74) is 2.09. The molecule has 0 spiro atoms. The standard InChI is InChI=1S/C21H26N2O4S/c1-3-4-13-22-28(25,26)19-11-9-18(10-12-19)27-15-21(24)23-16(2)14-17-7-5-6-8-20(17)23/h5-12,16,22H,3-4,13-15H2,1-2H3/t16-/m1/s1. The lowest BCUT2D eigenvalue weighted by Crippen LogP contribution is -2.39. The number of hydrogen-bond donors (Lipinski definition) is 1. The Morgan fingerprint density at radius 3 is 2.61 bits per heavy atom. The molecule has 28 heavy (non-hydrogen) atoms. The first kappa shape index (κ1) is 20.4. The van der Waals surface area contributed by atoms with Gasteiger partial charge in [0.05, 0.1) is 4.90 Å². The van der Waals surface area contributed by atoms with Gasteiger partial charge in [0, 0.05) is 18.3 Å². The molecule has 6 nitrogen and oxygen atoms in total. The largest absolute Gasteiger partial charge is 0.484 e. The molecule has 150 valence electrons. The molecule has 1 heterocycles. The van der Waals surface area contributed by atoms with E-state index in [-0.39, 0.29) is 23.5 Å². The zero-order chi connectivity index (χ0) is 20.1. The first-order chi connectivity index (χ1) is 13.4. The van der Waals surface area contributed by atoms with Crippen LogP contribution in [-0.4, -0.2) is 33.5 Å². The van der Waals surface area contributed by atoms with Gasteiger partial charge in [0.25, 0.3) is 5.91 Å². The van der Waals surface area contributed by atoms with Crippen molar-refractivity contribution in [3.63, 3.8) is 0 Å². The van der Waals surface area contributed by atoms with Crippen LogP contribution in [0.3, 0.4) is 0 Å². The Bertz CT molecular complexity index is 926. The van der Waals surface area contributed by atoms with Crippen LogP contribution in [0.5, 0.6) is 5.75 Å². The van der Waals surface area contributed by atoms with Gasteiger partial charge in [0.1, 0.15) is 5.75 Å². The first-order valence-electron chi connectivity index (χ1n) is 9.55. The molecule has 1 aliphatic rings. The van der Waals surface area contributed by atoms with Crippen molar-refractivity contribution in [3.8, 4) is 5.75 Å². The highest BCUT2D eigenvalue weighted by molar-refractivity contribution is 7.89. The number of benzene rings is 2. The summed E-state index contributed by atoms with van der Waals surface area (Å²) in [5, 5.41) is 0. The topological polar surface area (TPSA) is 75.7 Å². The number of rotatable bonds is 8. The molecule has 1 aliphatic heterocycles. The molecular formula is C21H26N2O4S. The number of sulfonamides is 1. The van der Waals surface area contributed by atoms with Crippen LogP contribution in [0.2, 0.25) is 0 Å². The minimum absolute atomic E-state index is 0.0928. The van der Waals surface area contributed by atoms with Crippen molar-refractivity contribution in [1.82, 2.24) is 4.72 Å². The highest BCUT2D eigenvalue weighted by atomic mass is 32.2. The number of nitrogens with zero attached hydrogens (tertiary/aromatic N) is 1. The molecule has 0 aromatic heterocycles. The summed E-state index contributed by atoms with van der Waals surface area (Å²) in [4.78, 5) is 14.6. The van der Waals surface area contributed by atoms with Crippen LogP contribution in [0, 0.1) is 0 Å². The van der Waals surface area contributed by atoms with Crippen molar-refractivity contribution in [1.29, 1.82) is 0 Å². The quantitative estimate of drug-likeness (QED) is 0.689. The second-order valence-corrected chi connectivity index (χ2v) is 8.72. The van der Waals surface area contributed by atoms with Gasteiger partial charge in [-0.05, 0) is 55.7 Å². The Balaban J connectivity index is 1.60. The van der Waals surface area contributed by atoms with Crippen molar-refractivity contribution < 1.29 is 17.9 Å². The minimum Gasteiger partial charge on any atom is -0.484 e. The van der Waals surface area contributed by atoms with Crippen LogP contribution in [0.15, 0.2) is 53.4 Å². The molecule has 2 aromatic rings. The van der Waals surface area contributed by atoms with E-state index in [0.29, 0.717) is 12.3 Å². The summed E-state index contributed by atoms with van der Waals surface area (Å²) in [6.07, 6.45) is 2.55. The number of para-hydroxylation sites is 1. The summed E-state index contributed by atoms with van der Waals surface area (Å²) in [6, 6.07) is 14.1. The fourth-order valence-corrected chi connectivity index (χ4v) is 4.42. The summed E-state index contributed by atoms with van der Waals surface area (Å²) < 4.78 is 32.6. The number of ether oxygens (including phenoxy) is 1. The Labute approximate surface area is 166 Å². The molecule has 0 fully saturated rings. The van der Waals surface area contributed by atoms with Gasteiger partial charge in [-0.15, -0.1) is 0 Å². The molecular weight excluding hydrogens is 376 g/mol. The lowest BCUT2D eigenvalue weighted by atomic mass is 10.1. The molecule has 0 saturated heterocycles. The fraction of sp³-hybridized carbons (Fsp3) is 0.381. The van der Waals surface area contributed by atoms with E-state index in [1.165, 1.54) is 12.1 Å².